The van der Waals surface area contributed by atoms with Gasteiger partial charge in [0.25, 0.3) is 0 Å². The zero-order valence-electron chi connectivity index (χ0n) is 8.45. The molecule has 0 unspecified atom stereocenters. The molecule has 1 heterocycles. The normalized spacial score (nSPS) is 9.93. The van der Waals surface area contributed by atoms with Crippen LogP contribution in [0.4, 0.5) is 0 Å². The lowest BCUT2D eigenvalue weighted by Crippen LogP contribution is -2.00. The number of carbonyl (C=O) groups excluding carboxylic acids is 1. The van der Waals surface area contributed by atoms with E-state index in [4.69, 9.17) is 5.11 Å². The maximum Gasteiger partial charge on any atom is 0.354 e. The van der Waals surface area contributed by atoms with Crippen LogP contribution in [0.1, 0.15) is 28.9 Å². The van der Waals surface area contributed by atoms with Gasteiger partial charge in [0.15, 0.2) is 0 Å². The van der Waals surface area contributed by atoms with E-state index in [2.05, 4.69) is 9.72 Å². The van der Waals surface area contributed by atoms with Crippen molar-refractivity contribution in [1.29, 1.82) is 0 Å². The Kier molecular flexibility index (Phi) is 3.91. The van der Waals surface area contributed by atoms with Crippen molar-refractivity contribution in [2.75, 3.05) is 7.11 Å². The van der Waals surface area contributed by atoms with E-state index in [9.17, 15) is 9.59 Å². The highest BCUT2D eigenvalue weighted by molar-refractivity contribution is 5.87. The molecule has 82 valence electrons. The molecule has 0 aromatic carbocycles. The third kappa shape index (κ3) is 3.46. The topological polar surface area (TPSA) is 79.4 Å². The van der Waals surface area contributed by atoms with Crippen LogP contribution < -0.4 is 0 Å². The van der Waals surface area contributed by atoms with Gasteiger partial charge in [-0.2, -0.15) is 0 Å². The van der Waals surface area contributed by atoms with Crippen LogP contribution in [0, 0.1) is 0 Å². The Morgan fingerprint density at radius 2 is 2.27 bits per heavy atom. The van der Waals surface area contributed by atoms with E-state index in [0.29, 0.717) is 18.5 Å². The summed E-state index contributed by atoms with van der Waals surface area (Å²) < 4.78 is 4.53. The number of ether oxygens (including phenoxy) is 1. The average Bonchev–Trinajstić information content (AvgIpc) is 2.65. The molecule has 0 atom stereocenters. The Balaban J connectivity index is 2.46. The fourth-order valence-corrected chi connectivity index (χ4v) is 1.26. The number of hydrogen-bond donors (Lipinski definition) is 2. The van der Waals surface area contributed by atoms with Gasteiger partial charge < -0.3 is 14.8 Å². The number of aliphatic carboxylic acids is 1. The number of esters is 1. The predicted molar refractivity (Wildman–Crippen MR) is 52.7 cm³/mol. The first-order valence-electron chi connectivity index (χ1n) is 4.61. The van der Waals surface area contributed by atoms with E-state index in [1.807, 2.05) is 0 Å². The summed E-state index contributed by atoms with van der Waals surface area (Å²) in [7, 11) is 1.31. The van der Waals surface area contributed by atoms with Gasteiger partial charge in [-0.15, -0.1) is 0 Å². The maximum absolute atomic E-state index is 11.1. The van der Waals surface area contributed by atoms with Crippen molar-refractivity contribution in [3.8, 4) is 0 Å². The summed E-state index contributed by atoms with van der Waals surface area (Å²) >= 11 is 0. The average molecular weight is 211 g/mol. The van der Waals surface area contributed by atoms with Crippen LogP contribution in [-0.4, -0.2) is 29.1 Å². The lowest BCUT2D eigenvalue weighted by atomic mass is 10.1. The van der Waals surface area contributed by atoms with E-state index in [0.717, 1.165) is 5.56 Å². The molecule has 15 heavy (non-hydrogen) atoms. The van der Waals surface area contributed by atoms with Crippen molar-refractivity contribution < 1.29 is 19.4 Å². The zero-order valence-corrected chi connectivity index (χ0v) is 8.45. The Morgan fingerprint density at radius 3 is 2.87 bits per heavy atom. The number of aromatic amines is 1. The van der Waals surface area contributed by atoms with Gasteiger partial charge in [0, 0.05) is 12.6 Å². The number of H-pyrrole nitrogens is 1. The first kappa shape index (κ1) is 11.3. The quantitative estimate of drug-likeness (QED) is 0.717. The SMILES string of the molecule is COC(=O)c1cc(CCCC(=O)O)c[nH]1. The first-order valence-corrected chi connectivity index (χ1v) is 4.61. The molecule has 1 aromatic heterocycles. The van der Waals surface area contributed by atoms with E-state index < -0.39 is 11.9 Å². The van der Waals surface area contributed by atoms with Gasteiger partial charge in [-0.25, -0.2) is 4.79 Å². The number of carbonyl (C=O) groups is 2. The largest absolute Gasteiger partial charge is 0.481 e. The third-order valence-electron chi connectivity index (χ3n) is 2.00. The molecular formula is C10H13NO4. The summed E-state index contributed by atoms with van der Waals surface area (Å²) in [4.78, 5) is 24.1. The fraction of sp³-hybridized carbons (Fsp3) is 0.400. The van der Waals surface area contributed by atoms with Crippen LogP contribution in [0.15, 0.2) is 12.3 Å². The van der Waals surface area contributed by atoms with Crippen molar-refractivity contribution in [2.45, 2.75) is 19.3 Å². The fourth-order valence-electron chi connectivity index (χ4n) is 1.26. The molecule has 0 aliphatic heterocycles. The number of hydrogen-bond acceptors (Lipinski definition) is 3. The molecular weight excluding hydrogens is 198 g/mol. The summed E-state index contributed by atoms with van der Waals surface area (Å²) in [5, 5.41) is 8.44. The highest BCUT2D eigenvalue weighted by atomic mass is 16.5. The van der Waals surface area contributed by atoms with Crippen molar-refractivity contribution in [3.63, 3.8) is 0 Å². The van der Waals surface area contributed by atoms with E-state index in [1.54, 1.807) is 12.3 Å². The molecule has 0 saturated carbocycles. The number of carboxylic acid groups (broad SMARTS) is 1. The highest BCUT2D eigenvalue weighted by Gasteiger charge is 2.08. The second-order valence-electron chi connectivity index (χ2n) is 3.16. The number of aromatic nitrogens is 1. The van der Waals surface area contributed by atoms with E-state index >= 15 is 0 Å². The molecule has 0 amide bonds. The predicted octanol–water partition coefficient (Wildman–Crippen LogP) is 1.21. The molecule has 2 N–H and O–H groups in total. The van der Waals surface area contributed by atoms with E-state index in [1.165, 1.54) is 7.11 Å². The molecule has 1 aromatic rings. The number of carboxylic acids is 1. The van der Waals surface area contributed by atoms with Gasteiger partial charge in [-0.05, 0) is 24.5 Å². The lowest BCUT2D eigenvalue weighted by molar-refractivity contribution is -0.137. The summed E-state index contributed by atoms with van der Waals surface area (Å²) in [6.07, 6.45) is 3.03. The molecule has 0 aliphatic rings. The summed E-state index contributed by atoms with van der Waals surface area (Å²) in [5.74, 6) is -1.22. The minimum atomic E-state index is -0.807. The zero-order chi connectivity index (χ0) is 11.3. The van der Waals surface area contributed by atoms with Crippen LogP contribution in [0.25, 0.3) is 0 Å². The lowest BCUT2D eigenvalue weighted by Gasteiger charge is -1.94. The smallest absolute Gasteiger partial charge is 0.354 e. The van der Waals surface area contributed by atoms with Crippen molar-refractivity contribution in [1.82, 2.24) is 4.98 Å². The molecule has 5 heteroatoms. The molecule has 0 spiro atoms. The Bertz CT molecular complexity index is 356. The molecule has 0 aliphatic carbocycles. The number of rotatable bonds is 5. The first-order chi connectivity index (χ1) is 7.13. The standard InChI is InChI=1S/C10H13NO4/c1-15-10(14)8-5-7(6-11-8)3-2-4-9(12)13/h5-6,11H,2-4H2,1H3,(H,12,13). The maximum atomic E-state index is 11.1. The molecule has 0 fully saturated rings. The van der Waals surface area contributed by atoms with Crippen LogP contribution in [0.2, 0.25) is 0 Å². The minimum absolute atomic E-state index is 0.138. The molecule has 5 nitrogen and oxygen atoms in total. The second-order valence-corrected chi connectivity index (χ2v) is 3.16. The molecule has 0 radical (unpaired) electrons. The summed E-state index contributed by atoms with van der Waals surface area (Å²) in [5.41, 5.74) is 1.31. The van der Waals surface area contributed by atoms with Crippen LogP contribution in [0.5, 0.6) is 0 Å². The van der Waals surface area contributed by atoms with Crippen molar-refractivity contribution in [2.24, 2.45) is 0 Å². The monoisotopic (exact) mass is 211 g/mol. The molecule has 0 bridgehead atoms. The van der Waals surface area contributed by atoms with Gasteiger partial charge in [0.05, 0.1) is 7.11 Å². The Hall–Kier alpha value is -1.78. The Labute approximate surface area is 87.1 Å². The van der Waals surface area contributed by atoms with Crippen LogP contribution >= 0.6 is 0 Å². The van der Waals surface area contributed by atoms with Gasteiger partial charge >= 0.3 is 11.9 Å². The van der Waals surface area contributed by atoms with Gasteiger partial charge in [0.1, 0.15) is 5.69 Å². The molecule has 1 rings (SSSR count). The van der Waals surface area contributed by atoms with Crippen molar-refractivity contribution in [3.05, 3.63) is 23.5 Å². The highest BCUT2D eigenvalue weighted by Crippen LogP contribution is 2.08. The molecule has 0 saturated heterocycles. The van der Waals surface area contributed by atoms with Crippen LogP contribution in [0.3, 0.4) is 0 Å². The number of aryl methyl sites for hydroxylation is 1. The van der Waals surface area contributed by atoms with Gasteiger partial charge in [-0.1, -0.05) is 0 Å². The number of methoxy groups -OCH3 is 1. The number of nitrogens with one attached hydrogen (secondary N) is 1. The Morgan fingerprint density at radius 1 is 1.53 bits per heavy atom. The van der Waals surface area contributed by atoms with E-state index in [-0.39, 0.29) is 6.42 Å². The summed E-state index contributed by atoms with van der Waals surface area (Å²) in [6.45, 7) is 0. The minimum Gasteiger partial charge on any atom is -0.481 e. The van der Waals surface area contributed by atoms with Crippen LogP contribution in [-0.2, 0) is 16.0 Å². The second kappa shape index (κ2) is 5.19. The van der Waals surface area contributed by atoms with Crippen molar-refractivity contribution >= 4 is 11.9 Å². The third-order valence-corrected chi connectivity index (χ3v) is 2.00. The summed E-state index contributed by atoms with van der Waals surface area (Å²) in [6, 6.07) is 1.67. The van der Waals surface area contributed by atoms with Gasteiger partial charge in [0.2, 0.25) is 0 Å². The van der Waals surface area contributed by atoms with Gasteiger partial charge in [-0.3, -0.25) is 4.79 Å².